The van der Waals surface area contributed by atoms with Crippen molar-refractivity contribution in [3.05, 3.63) is 41.2 Å². The molecular weight excluding hydrogens is 348 g/mol. The highest BCUT2D eigenvalue weighted by molar-refractivity contribution is 5.91. The van der Waals surface area contributed by atoms with Gasteiger partial charge in [-0.2, -0.15) is 5.10 Å². The number of anilines is 1. The van der Waals surface area contributed by atoms with Gasteiger partial charge >= 0.3 is 12.0 Å². The average molecular weight is 372 g/mol. The van der Waals surface area contributed by atoms with Crippen LogP contribution in [0.25, 0.3) is 0 Å². The molecule has 2 N–H and O–H groups in total. The molecule has 0 bridgehead atoms. The molecule has 0 radical (unpaired) electrons. The second kappa shape index (κ2) is 8.11. The second-order valence-corrected chi connectivity index (χ2v) is 6.53. The third-order valence-electron chi connectivity index (χ3n) is 4.60. The molecule has 1 aromatic carbocycles. The van der Waals surface area contributed by atoms with Gasteiger partial charge in [0.15, 0.2) is 5.69 Å². The van der Waals surface area contributed by atoms with Crippen LogP contribution in [0.3, 0.4) is 0 Å². The molecule has 0 fully saturated rings. The molecule has 0 atom stereocenters. The number of carbonyl (C=O) groups excluding carboxylic acids is 1. The van der Waals surface area contributed by atoms with Crippen molar-refractivity contribution in [2.45, 2.75) is 32.7 Å². The van der Waals surface area contributed by atoms with Crippen molar-refractivity contribution in [1.29, 1.82) is 0 Å². The molecule has 144 valence electrons. The number of ether oxygens (including phenoxy) is 1. The van der Waals surface area contributed by atoms with E-state index in [0.29, 0.717) is 30.8 Å². The van der Waals surface area contributed by atoms with Crippen molar-refractivity contribution < 1.29 is 19.4 Å². The fraction of sp³-hybridized carbons (Fsp3) is 0.421. The van der Waals surface area contributed by atoms with Gasteiger partial charge < -0.3 is 20.1 Å². The molecule has 8 heteroatoms. The summed E-state index contributed by atoms with van der Waals surface area (Å²) in [6.45, 7) is 3.52. The van der Waals surface area contributed by atoms with Crippen LogP contribution in [0, 0.1) is 0 Å². The van der Waals surface area contributed by atoms with Gasteiger partial charge in [0, 0.05) is 37.0 Å². The minimum Gasteiger partial charge on any atom is -0.494 e. The Balaban J connectivity index is 1.63. The van der Waals surface area contributed by atoms with E-state index in [1.165, 1.54) is 0 Å². The number of nitrogens with one attached hydrogen (secondary N) is 1. The van der Waals surface area contributed by atoms with Crippen LogP contribution in [0.4, 0.5) is 10.5 Å². The topological polar surface area (TPSA) is 96.7 Å². The quantitative estimate of drug-likeness (QED) is 0.760. The first-order valence-electron chi connectivity index (χ1n) is 9.06. The molecule has 0 saturated heterocycles. The Morgan fingerprint density at radius 3 is 2.70 bits per heavy atom. The molecule has 1 aromatic heterocycles. The van der Waals surface area contributed by atoms with Crippen LogP contribution in [0.1, 0.15) is 41.5 Å². The highest BCUT2D eigenvalue weighted by Crippen LogP contribution is 2.23. The van der Waals surface area contributed by atoms with E-state index in [-0.39, 0.29) is 18.3 Å². The Kier molecular flexibility index (Phi) is 5.63. The van der Waals surface area contributed by atoms with Gasteiger partial charge in [-0.3, -0.25) is 4.68 Å². The van der Waals surface area contributed by atoms with Gasteiger partial charge in [0.2, 0.25) is 0 Å². The highest BCUT2D eigenvalue weighted by atomic mass is 16.5. The fourth-order valence-corrected chi connectivity index (χ4v) is 3.11. The first kappa shape index (κ1) is 18.8. The van der Waals surface area contributed by atoms with Crippen LogP contribution in [0.2, 0.25) is 0 Å². The van der Waals surface area contributed by atoms with Crippen LogP contribution in [0.5, 0.6) is 5.75 Å². The summed E-state index contributed by atoms with van der Waals surface area (Å²) < 4.78 is 7.20. The van der Waals surface area contributed by atoms with Gasteiger partial charge in [-0.05, 0) is 30.7 Å². The summed E-state index contributed by atoms with van der Waals surface area (Å²) >= 11 is 0. The lowest BCUT2D eigenvalue weighted by Gasteiger charge is -2.27. The van der Waals surface area contributed by atoms with E-state index in [0.717, 1.165) is 24.3 Å². The number of carbonyl (C=O) groups is 2. The molecule has 1 aliphatic rings. The molecule has 0 aliphatic carbocycles. The van der Waals surface area contributed by atoms with E-state index in [2.05, 4.69) is 17.3 Å². The Labute approximate surface area is 157 Å². The van der Waals surface area contributed by atoms with Crippen LogP contribution < -0.4 is 10.1 Å². The molecule has 27 heavy (non-hydrogen) atoms. The minimum absolute atomic E-state index is 0.0126. The summed E-state index contributed by atoms with van der Waals surface area (Å²) in [6, 6.07) is 6.97. The second-order valence-electron chi connectivity index (χ2n) is 6.53. The molecule has 8 nitrogen and oxygen atoms in total. The summed E-state index contributed by atoms with van der Waals surface area (Å²) in [6.07, 6.45) is 2.65. The van der Waals surface area contributed by atoms with Crippen molar-refractivity contribution in [3.63, 3.8) is 0 Å². The zero-order valence-electron chi connectivity index (χ0n) is 15.6. The van der Waals surface area contributed by atoms with Crippen LogP contribution in [0.15, 0.2) is 24.3 Å². The molecule has 2 heterocycles. The number of fused-ring (bicyclic) bond motifs is 1. The summed E-state index contributed by atoms with van der Waals surface area (Å²) in [5.41, 5.74) is 2.15. The SMILES string of the molecule is CCCCOc1ccc(NC(=O)N2CCc3c(c(C(=O)O)nn3C)C2)cc1. The van der Waals surface area contributed by atoms with E-state index in [1.54, 1.807) is 28.8 Å². The number of aromatic carboxylic acids is 1. The summed E-state index contributed by atoms with van der Waals surface area (Å²) in [7, 11) is 1.73. The number of benzene rings is 1. The Bertz CT molecular complexity index is 829. The van der Waals surface area contributed by atoms with Crippen molar-refractivity contribution in [3.8, 4) is 5.75 Å². The Hall–Kier alpha value is -3.03. The van der Waals surface area contributed by atoms with Crippen LogP contribution in [-0.4, -0.2) is 44.9 Å². The number of hydrogen-bond acceptors (Lipinski definition) is 4. The molecule has 2 aromatic rings. The van der Waals surface area contributed by atoms with Gasteiger partial charge in [0.05, 0.1) is 13.2 Å². The van der Waals surface area contributed by atoms with Gasteiger partial charge in [-0.25, -0.2) is 9.59 Å². The third-order valence-corrected chi connectivity index (χ3v) is 4.60. The smallest absolute Gasteiger partial charge is 0.356 e. The standard InChI is InChI=1S/C19H24N4O4/c1-3-4-11-27-14-7-5-13(6-8-14)20-19(26)23-10-9-16-15(12-23)17(18(24)25)21-22(16)2/h5-8H,3-4,9-12H2,1-2H3,(H,20,26)(H,24,25). The molecule has 0 unspecified atom stereocenters. The number of carboxylic acid groups (broad SMARTS) is 1. The third kappa shape index (κ3) is 4.21. The van der Waals surface area contributed by atoms with Gasteiger partial charge in [-0.15, -0.1) is 0 Å². The maximum atomic E-state index is 12.6. The van der Waals surface area contributed by atoms with E-state index in [1.807, 2.05) is 12.1 Å². The maximum absolute atomic E-state index is 12.6. The monoisotopic (exact) mass is 372 g/mol. The predicted molar refractivity (Wildman–Crippen MR) is 100 cm³/mol. The Morgan fingerprint density at radius 1 is 1.30 bits per heavy atom. The van der Waals surface area contributed by atoms with Crippen LogP contribution >= 0.6 is 0 Å². The fourth-order valence-electron chi connectivity index (χ4n) is 3.11. The summed E-state index contributed by atoms with van der Waals surface area (Å²) in [4.78, 5) is 25.5. The Morgan fingerprint density at radius 2 is 2.04 bits per heavy atom. The molecule has 3 rings (SSSR count). The zero-order chi connectivity index (χ0) is 19.4. The molecular formula is C19H24N4O4. The first-order valence-corrected chi connectivity index (χ1v) is 9.06. The lowest BCUT2D eigenvalue weighted by molar-refractivity contribution is 0.0687. The van der Waals surface area contributed by atoms with E-state index >= 15 is 0 Å². The number of unbranched alkanes of at least 4 members (excludes halogenated alkanes) is 1. The summed E-state index contributed by atoms with van der Waals surface area (Å²) in [5, 5.41) is 16.2. The first-order chi connectivity index (χ1) is 13.0. The number of amides is 2. The lowest BCUT2D eigenvalue weighted by Crippen LogP contribution is -2.39. The average Bonchev–Trinajstić information content (AvgIpc) is 3.00. The largest absolute Gasteiger partial charge is 0.494 e. The van der Waals surface area contributed by atoms with Gasteiger partial charge in [0.1, 0.15) is 5.75 Å². The number of urea groups is 1. The number of hydrogen-bond donors (Lipinski definition) is 2. The van der Waals surface area contributed by atoms with E-state index in [9.17, 15) is 14.7 Å². The number of rotatable bonds is 6. The van der Waals surface area contributed by atoms with E-state index in [4.69, 9.17) is 4.74 Å². The van der Waals surface area contributed by atoms with Crippen molar-refractivity contribution in [2.24, 2.45) is 7.05 Å². The molecule has 0 saturated carbocycles. The van der Waals surface area contributed by atoms with E-state index < -0.39 is 5.97 Å². The number of aromatic nitrogens is 2. The molecule has 0 spiro atoms. The van der Waals surface area contributed by atoms with Gasteiger partial charge in [0.25, 0.3) is 0 Å². The van der Waals surface area contributed by atoms with Crippen molar-refractivity contribution in [1.82, 2.24) is 14.7 Å². The molecule has 1 aliphatic heterocycles. The number of carboxylic acids is 1. The lowest BCUT2D eigenvalue weighted by atomic mass is 10.1. The normalized spacial score (nSPS) is 13.2. The number of nitrogens with zero attached hydrogens (tertiary/aromatic N) is 3. The summed E-state index contributed by atoms with van der Waals surface area (Å²) in [5.74, 6) is -0.307. The minimum atomic E-state index is -1.08. The van der Waals surface area contributed by atoms with Crippen LogP contribution in [-0.2, 0) is 20.0 Å². The van der Waals surface area contributed by atoms with Crippen molar-refractivity contribution in [2.75, 3.05) is 18.5 Å². The highest BCUT2D eigenvalue weighted by Gasteiger charge is 2.29. The molecule has 2 amide bonds. The van der Waals surface area contributed by atoms with Crippen molar-refractivity contribution >= 4 is 17.7 Å². The maximum Gasteiger partial charge on any atom is 0.356 e. The predicted octanol–water partition coefficient (Wildman–Crippen LogP) is 2.89. The zero-order valence-corrected chi connectivity index (χ0v) is 15.6. The number of aryl methyl sites for hydroxylation is 1. The van der Waals surface area contributed by atoms with Gasteiger partial charge in [-0.1, -0.05) is 13.3 Å².